The molecule has 1 aromatic carbocycles. The maximum Gasteiger partial charge on any atom is 0.267 e. The number of carbonyl (C=O) groups excluding carboxylic acids is 1. The number of amides is 1. The van der Waals surface area contributed by atoms with Crippen molar-refractivity contribution in [2.24, 2.45) is 0 Å². The molecule has 1 amide bonds. The van der Waals surface area contributed by atoms with Gasteiger partial charge in [-0.25, -0.2) is 8.78 Å². The van der Waals surface area contributed by atoms with E-state index in [-0.39, 0.29) is 24.9 Å². The molecule has 2 fully saturated rings. The van der Waals surface area contributed by atoms with Crippen LogP contribution in [0.2, 0.25) is 0 Å². The fraction of sp³-hybridized carbons (Fsp3) is 0.500. The highest BCUT2D eigenvalue weighted by Crippen LogP contribution is 2.32. The van der Waals surface area contributed by atoms with Crippen molar-refractivity contribution in [3.8, 4) is 0 Å². The van der Waals surface area contributed by atoms with Crippen molar-refractivity contribution in [3.05, 3.63) is 36.7 Å². The molecule has 0 aliphatic carbocycles. The molecule has 5 nitrogen and oxygen atoms in total. The number of halogens is 2. The predicted octanol–water partition coefficient (Wildman–Crippen LogP) is 2.98. The molecule has 2 aliphatic rings. The fourth-order valence-corrected chi connectivity index (χ4v) is 4.17. The van der Waals surface area contributed by atoms with Gasteiger partial charge in [-0.2, -0.15) is 0 Å². The highest BCUT2D eigenvalue weighted by Gasteiger charge is 2.45. The van der Waals surface area contributed by atoms with Crippen molar-refractivity contribution in [1.29, 1.82) is 0 Å². The number of nitrogens with one attached hydrogen (secondary N) is 1. The fourth-order valence-electron chi connectivity index (χ4n) is 4.17. The lowest BCUT2D eigenvalue weighted by Gasteiger charge is -2.24. The predicted molar refractivity (Wildman–Crippen MR) is 101 cm³/mol. The number of pyridine rings is 1. The molecule has 144 valence electrons. The largest absolute Gasteiger partial charge is 0.379 e. The molecule has 2 saturated heterocycles. The zero-order valence-electron chi connectivity index (χ0n) is 15.4. The Morgan fingerprint density at radius 2 is 2.15 bits per heavy atom. The molecule has 27 heavy (non-hydrogen) atoms. The second kappa shape index (κ2) is 7.03. The van der Waals surface area contributed by atoms with Crippen LogP contribution in [-0.2, 0) is 4.79 Å². The third-order valence-corrected chi connectivity index (χ3v) is 5.51. The van der Waals surface area contributed by atoms with Crippen LogP contribution in [0, 0.1) is 0 Å². The van der Waals surface area contributed by atoms with Crippen LogP contribution in [-0.4, -0.2) is 64.9 Å². The minimum atomic E-state index is -2.76. The molecular weight excluding hydrogens is 350 g/mol. The van der Waals surface area contributed by atoms with Crippen molar-refractivity contribution in [2.45, 2.75) is 37.8 Å². The van der Waals surface area contributed by atoms with E-state index in [1.807, 2.05) is 35.5 Å². The van der Waals surface area contributed by atoms with Gasteiger partial charge in [-0.3, -0.25) is 14.7 Å². The van der Waals surface area contributed by atoms with Gasteiger partial charge in [0, 0.05) is 48.6 Å². The molecule has 0 radical (unpaired) electrons. The number of rotatable bonds is 4. The van der Waals surface area contributed by atoms with E-state index in [0.717, 1.165) is 29.4 Å². The van der Waals surface area contributed by atoms with Gasteiger partial charge in [0.25, 0.3) is 5.92 Å². The van der Waals surface area contributed by atoms with Gasteiger partial charge in [0.1, 0.15) is 0 Å². The van der Waals surface area contributed by atoms with E-state index in [2.05, 4.69) is 16.4 Å². The van der Waals surface area contributed by atoms with Gasteiger partial charge in [-0.15, -0.1) is 0 Å². The van der Waals surface area contributed by atoms with Gasteiger partial charge >= 0.3 is 0 Å². The van der Waals surface area contributed by atoms with Crippen LogP contribution in [0.15, 0.2) is 36.7 Å². The molecule has 3 heterocycles. The normalized spacial score (nSPS) is 25.2. The molecule has 2 aliphatic heterocycles. The molecule has 2 aromatic rings. The SMILES string of the molecule is C[C@@H]1CC(F)(F)CN1C(=O)CN1CC[C@H](Nc2cncc3ccccc23)C1. The van der Waals surface area contributed by atoms with E-state index in [9.17, 15) is 13.6 Å². The van der Waals surface area contributed by atoms with Gasteiger partial charge in [0.2, 0.25) is 5.91 Å². The van der Waals surface area contributed by atoms with Crippen LogP contribution in [0.5, 0.6) is 0 Å². The van der Waals surface area contributed by atoms with Crippen molar-refractivity contribution in [1.82, 2.24) is 14.8 Å². The second-order valence-corrected chi connectivity index (χ2v) is 7.70. The van der Waals surface area contributed by atoms with E-state index in [0.29, 0.717) is 6.54 Å². The summed E-state index contributed by atoms with van der Waals surface area (Å²) in [6.07, 6.45) is 4.33. The molecule has 4 rings (SSSR count). The molecule has 1 N–H and O–H groups in total. The lowest BCUT2D eigenvalue weighted by Crippen LogP contribution is -2.42. The van der Waals surface area contributed by atoms with Gasteiger partial charge < -0.3 is 10.2 Å². The van der Waals surface area contributed by atoms with E-state index in [1.54, 1.807) is 6.92 Å². The van der Waals surface area contributed by atoms with Crippen LogP contribution in [0.25, 0.3) is 10.8 Å². The Morgan fingerprint density at radius 3 is 2.93 bits per heavy atom. The first-order valence-corrected chi connectivity index (χ1v) is 9.40. The quantitative estimate of drug-likeness (QED) is 0.894. The van der Waals surface area contributed by atoms with E-state index < -0.39 is 18.5 Å². The third kappa shape index (κ3) is 3.88. The standard InChI is InChI=1S/C20H24F2N4O/c1-14-8-20(21,22)13-26(14)19(27)12-25-7-6-16(11-25)24-18-10-23-9-15-4-2-3-5-17(15)18/h2-5,9-10,14,16,24H,6-8,11-13H2,1H3/t14-,16+/m1/s1. The van der Waals surface area contributed by atoms with Crippen LogP contribution in [0.4, 0.5) is 14.5 Å². The van der Waals surface area contributed by atoms with Crippen LogP contribution in [0.3, 0.4) is 0 Å². The van der Waals surface area contributed by atoms with Gasteiger partial charge in [-0.05, 0) is 13.3 Å². The maximum atomic E-state index is 13.5. The van der Waals surface area contributed by atoms with E-state index >= 15 is 0 Å². The number of alkyl halides is 2. The monoisotopic (exact) mass is 374 g/mol. The number of likely N-dealkylation sites (tertiary alicyclic amines) is 2. The lowest BCUT2D eigenvalue weighted by molar-refractivity contribution is -0.134. The first-order valence-electron chi connectivity index (χ1n) is 9.40. The number of carbonyl (C=O) groups is 1. The van der Waals surface area contributed by atoms with E-state index in [1.165, 1.54) is 4.90 Å². The topological polar surface area (TPSA) is 48.5 Å². The van der Waals surface area contributed by atoms with Crippen molar-refractivity contribution < 1.29 is 13.6 Å². The molecule has 0 unspecified atom stereocenters. The summed E-state index contributed by atoms with van der Waals surface area (Å²) in [5.41, 5.74) is 0.985. The number of aromatic nitrogens is 1. The molecule has 0 spiro atoms. The van der Waals surface area contributed by atoms with Crippen molar-refractivity contribution in [3.63, 3.8) is 0 Å². The number of hydrogen-bond donors (Lipinski definition) is 1. The summed E-state index contributed by atoms with van der Waals surface area (Å²) in [5.74, 6) is -2.96. The van der Waals surface area contributed by atoms with Gasteiger partial charge in [0.15, 0.2) is 0 Å². The number of benzene rings is 1. The molecule has 1 aromatic heterocycles. The average Bonchev–Trinajstić information content (AvgIpc) is 3.18. The number of fused-ring (bicyclic) bond motifs is 1. The van der Waals surface area contributed by atoms with Crippen LogP contribution < -0.4 is 5.32 Å². The number of anilines is 1. The van der Waals surface area contributed by atoms with Crippen LogP contribution in [0.1, 0.15) is 19.8 Å². The molecule has 0 bridgehead atoms. The second-order valence-electron chi connectivity index (χ2n) is 7.70. The zero-order chi connectivity index (χ0) is 19.0. The summed E-state index contributed by atoms with van der Waals surface area (Å²) < 4.78 is 27.1. The minimum Gasteiger partial charge on any atom is -0.379 e. The third-order valence-electron chi connectivity index (χ3n) is 5.51. The van der Waals surface area contributed by atoms with E-state index in [4.69, 9.17) is 0 Å². The summed E-state index contributed by atoms with van der Waals surface area (Å²) in [6.45, 7) is 2.94. The summed E-state index contributed by atoms with van der Waals surface area (Å²) in [7, 11) is 0. The maximum absolute atomic E-state index is 13.5. The summed E-state index contributed by atoms with van der Waals surface area (Å²) >= 11 is 0. The Kier molecular flexibility index (Phi) is 4.72. The van der Waals surface area contributed by atoms with Gasteiger partial charge in [0.05, 0.1) is 25.0 Å². The summed E-state index contributed by atoms with van der Waals surface area (Å²) in [5, 5.41) is 5.73. The summed E-state index contributed by atoms with van der Waals surface area (Å²) in [4.78, 5) is 20.1. The Balaban J connectivity index is 1.36. The average molecular weight is 374 g/mol. The highest BCUT2D eigenvalue weighted by atomic mass is 19.3. The van der Waals surface area contributed by atoms with Crippen LogP contribution >= 0.6 is 0 Å². The Hall–Kier alpha value is -2.28. The highest BCUT2D eigenvalue weighted by molar-refractivity contribution is 5.92. The Morgan fingerprint density at radius 1 is 1.33 bits per heavy atom. The van der Waals surface area contributed by atoms with Crippen molar-refractivity contribution in [2.75, 3.05) is 31.5 Å². The summed E-state index contributed by atoms with van der Waals surface area (Å²) in [6, 6.07) is 7.89. The number of nitrogens with zero attached hydrogens (tertiary/aromatic N) is 3. The van der Waals surface area contributed by atoms with Crippen molar-refractivity contribution >= 4 is 22.4 Å². The molecule has 2 atom stereocenters. The Labute approximate surface area is 157 Å². The molecule has 7 heteroatoms. The molecular formula is C20H24F2N4O. The first kappa shape index (κ1) is 18.1. The molecule has 0 saturated carbocycles. The first-order chi connectivity index (χ1) is 12.9. The zero-order valence-corrected chi connectivity index (χ0v) is 15.4. The number of hydrogen-bond acceptors (Lipinski definition) is 4. The smallest absolute Gasteiger partial charge is 0.267 e. The van der Waals surface area contributed by atoms with Gasteiger partial charge in [-0.1, -0.05) is 24.3 Å². The lowest BCUT2D eigenvalue weighted by atomic mass is 10.1. The minimum absolute atomic E-state index is 0.201. The Bertz CT molecular complexity index is 838.